The van der Waals surface area contributed by atoms with Gasteiger partial charge in [0.15, 0.2) is 0 Å². The Labute approximate surface area is 104 Å². The van der Waals surface area contributed by atoms with Crippen molar-refractivity contribution in [2.24, 2.45) is 0 Å². The number of pyridine rings is 1. The number of fused-ring (bicyclic) bond motifs is 1. The standard InChI is InChI=1S/C13H14N2OS/c1-8-15-11(7-17-8)13(16)10-5-4-9-3-2-6-14-12(9)10/h2-3,6-7,10,13,16H,4-5H2,1H3. The molecule has 3 nitrogen and oxygen atoms in total. The van der Waals surface area contributed by atoms with E-state index in [9.17, 15) is 5.11 Å². The molecule has 1 aliphatic rings. The molecule has 1 aliphatic carbocycles. The van der Waals surface area contributed by atoms with E-state index in [4.69, 9.17) is 0 Å². The summed E-state index contributed by atoms with van der Waals surface area (Å²) in [6.07, 6.45) is 3.25. The first-order chi connectivity index (χ1) is 8.25. The maximum absolute atomic E-state index is 10.4. The number of rotatable bonds is 2. The first-order valence-electron chi connectivity index (χ1n) is 5.79. The molecule has 0 bridgehead atoms. The molecule has 2 aromatic heterocycles. The molecule has 88 valence electrons. The Morgan fingerprint density at radius 3 is 3.18 bits per heavy atom. The fourth-order valence-electron chi connectivity index (χ4n) is 2.47. The van der Waals surface area contributed by atoms with E-state index >= 15 is 0 Å². The van der Waals surface area contributed by atoms with Gasteiger partial charge in [-0.05, 0) is 31.4 Å². The largest absolute Gasteiger partial charge is 0.386 e. The first-order valence-corrected chi connectivity index (χ1v) is 6.67. The number of aromatic nitrogens is 2. The summed E-state index contributed by atoms with van der Waals surface area (Å²) < 4.78 is 0. The van der Waals surface area contributed by atoms with Crippen molar-refractivity contribution in [3.63, 3.8) is 0 Å². The summed E-state index contributed by atoms with van der Waals surface area (Å²) in [5.74, 6) is 0.104. The highest BCUT2D eigenvalue weighted by Crippen LogP contribution is 2.40. The summed E-state index contributed by atoms with van der Waals surface area (Å²) in [6.45, 7) is 1.96. The Bertz CT molecular complexity index is 538. The zero-order valence-electron chi connectivity index (χ0n) is 9.63. The van der Waals surface area contributed by atoms with Gasteiger partial charge in [0.05, 0.1) is 10.7 Å². The Kier molecular flexibility index (Phi) is 2.68. The monoisotopic (exact) mass is 246 g/mol. The van der Waals surface area contributed by atoms with Gasteiger partial charge in [-0.25, -0.2) is 4.98 Å². The topological polar surface area (TPSA) is 46.0 Å². The summed E-state index contributed by atoms with van der Waals surface area (Å²) in [7, 11) is 0. The lowest BCUT2D eigenvalue weighted by molar-refractivity contribution is 0.139. The fourth-order valence-corrected chi connectivity index (χ4v) is 3.11. The summed E-state index contributed by atoms with van der Waals surface area (Å²) in [5.41, 5.74) is 3.10. The molecule has 0 radical (unpaired) electrons. The zero-order valence-corrected chi connectivity index (χ0v) is 10.4. The number of thiazole rings is 1. The number of aliphatic hydroxyl groups excluding tert-OH is 1. The molecule has 0 amide bonds. The molecular formula is C13H14N2OS. The van der Waals surface area contributed by atoms with E-state index in [-0.39, 0.29) is 5.92 Å². The minimum absolute atomic E-state index is 0.104. The van der Waals surface area contributed by atoms with Gasteiger partial charge in [-0.15, -0.1) is 11.3 Å². The van der Waals surface area contributed by atoms with Crippen LogP contribution in [0.3, 0.4) is 0 Å². The Morgan fingerprint density at radius 2 is 2.41 bits per heavy atom. The van der Waals surface area contributed by atoms with Crippen LogP contribution in [0.25, 0.3) is 0 Å². The van der Waals surface area contributed by atoms with Gasteiger partial charge < -0.3 is 5.11 Å². The second-order valence-corrected chi connectivity index (χ2v) is 5.49. The van der Waals surface area contributed by atoms with Gasteiger partial charge in [-0.1, -0.05) is 6.07 Å². The maximum atomic E-state index is 10.4. The van der Waals surface area contributed by atoms with E-state index in [0.717, 1.165) is 29.2 Å². The van der Waals surface area contributed by atoms with E-state index in [1.807, 2.05) is 18.4 Å². The average molecular weight is 246 g/mol. The lowest BCUT2D eigenvalue weighted by Gasteiger charge is -2.16. The summed E-state index contributed by atoms with van der Waals surface area (Å²) >= 11 is 1.58. The van der Waals surface area contributed by atoms with Crippen molar-refractivity contribution in [1.82, 2.24) is 9.97 Å². The maximum Gasteiger partial charge on any atom is 0.105 e. The van der Waals surface area contributed by atoms with Crippen LogP contribution >= 0.6 is 11.3 Å². The molecule has 4 heteroatoms. The SMILES string of the molecule is Cc1nc(C(O)C2CCc3cccnc32)cs1. The third-order valence-corrected chi connectivity index (χ3v) is 4.11. The lowest BCUT2D eigenvalue weighted by Crippen LogP contribution is -2.09. The van der Waals surface area contributed by atoms with Crippen molar-refractivity contribution in [3.05, 3.63) is 45.7 Å². The first kappa shape index (κ1) is 10.9. The van der Waals surface area contributed by atoms with E-state index < -0.39 is 6.10 Å². The number of hydrogen-bond acceptors (Lipinski definition) is 4. The Morgan fingerprint density at radius 1 is 1.53 bits per heavy atom. The predicted octanol–water partition coefficient (Wildman–Crippen LogP) is 2.61. The second-order valence-electron chi connectivity index (χ2n) is 4.43. The highest BCUT2D eigenvalue weighted by molar-refractivity contribution is 7.09. The van der Waals surface area contributed by atoms with Crippen molar-refractivity contribution in [2.45, 2.75) is 31.8 Å². The molecule has 0 saturated carbocycles. The summed E-state index contributed by atoms with van der Waals surface area (Å²) in [5, 5.41) is 13.3. The molecule has 2 aromatic rings. The van der Waals surface area contributed by atoms with Crippen LogP contribution in [-0.2, 0) is 6.42 Å². The number of nitrogens with zero attached hydrogens (tertiary/aromatic N) is 2. The van der Waals surface area contributed by atoms with Crippen LogP contribution in [0.4, 0.5) is 0 Å². The van der Waals surface area contributed by atoms with Crippen LogP contribution in [0.1, 0.15) is 40.4 Å². The van der Waals surface area contributed by atoms with Crippen molar-refractivity contribution in [1.29, 1.82) is 0 Å². The minimum atomic E-state index is -0.518. The smallest absolute Gasteiger partial charge is 0.105 e. The molecule has 2 unspecified atom stereocenters. The fraction of sp³-hybridized carbons (Fsp3) is 0.385. The lowest BCUT2D eigenvalue weighted by atomic mass is 9.97. The van der Waals surface area contributed by atoms with Gasteiger partial charge in [-0.2, -0.15) is 0 Å². The van der Waals surface area contributed by atoms with Gasteiger partial charge in [0.25, 0.3) is 0 Å². The quantitative estimate of drug-likeness (QED) is 0.886. The molecule has 2 atom stereocenters. The summed E-state index contributed by atoms with van der Waals surface area (Å²) in [6, 6.07) is 4.06. The molecule has 0 aliphatic heterocycles. The normalized spacial score (nSPS) is 20.2. The number of aliphatic hydroxyl groups is 1. The van der Waals surface area contributed by atoms with Crippen molar-refractivity contribution < 1.29 is 5.11 Å². The highest BCUT2D eigenvalue weighted by atomic mass is 32.1. The van der Waals surface area contributed by atoms with Gasteiger partial charge in [-0.3, -0.25) is 4.98 Å². The summed E-state index contributed by atoms with van der Waals surface area (Å²) in [4.78, 5) is 8.78. The average Bonchev–Trinajstić information content (AvgIpc) is 2.94. The van der Waals surface area contributed by atoms with Crippen LogP contribution in [0.2, 0.25) is 0 Å². The second kappa shape index (κ2) is 4.20. The van der Waals surface area contributed by atoms with Gasteiger partial charge in [0, 0.05) is 23.2 Å². The van der Waals surface area contributed by atoms with E-state index in [1.165, 1.54) is 5.56 Å². The van der Waals surface area contributed by atoms with Crippen molar-refractivity contribution >= 4 is 11.3 Å². The molecule has 0 fully saturated rings. The number of aryl methyl sites for hydroxylation is 2. The predicted molar refractivity (Wildman–Crippen MR) is 67.1 cm³/mol. The molecular weight excluding hydrogens is 232 g/mol. The van der Waals surface area contributed by atoms with Gasteiger partial charge in [0.2, 0.25) is 0 Å². The molecule has 0 saturated heterocycles. The van der Waals surface area contributed by atoms with Crippen LogP contribution in [0.5, 0.6) is 0 Å². The van der Waals surface area contributed by atoms with Gasteiger partial charge in [0.1, 0.15) is 6.10 Å². The highest BCUT2D eigenvalue weighted by Gasteiger charge is 2.31. The van der Waals surface area contributed by atoms with Crippen LogP contribution in [-0.4, -0.2) is 15.1 Å². The molecule has 2 heterocycles. The van der Waals surface area contributed by atoms with Crippen molar-refractivity contribution in [3.8, 4) is 0 Å². The van der Waals surface area contributed by atoms with E-state index in [1.54, 1.807) is 17.5 Å². The van der Waals surface area contributed by atoms with E-state index in [2.05, 4.69) is 16.0 Å². The third kappa shape index (κ3) is 1.87. The van der Waals surface area contributed by atoms with Crippen LogP contribution < -0.4 is 0 Å². The van der Waals surface area contributed by atoms with Crippen molar-refractivity contribution in [2.75, 3.05) is 0 Å². The molecule has 3 rings (SSSR count). The molecule has 0 spiro atoms. The Hall–Kier alpha value is -1.26. The number of hydrogen-bond donors (Lipinski definition) is 1. The molecule has 1 N–H and O–H groups in total. The van der Waals surface area contributed by atoms with E-state index in [0.29, 0.717) is 0 Å². The Balaban J connectivity index is 1.92. The minimum Gasteiger partial charge on any atom is -0.386 e. The van der Waals surface area contributed by atoms with Crippen LogP contribution in [0.15, 0.2) is 23.7 Å². The van der Waals surface area contributed by atoms with Gasteiger partial charge >= 0.3 is 0 Å². The zero-order chi connectivity index (χ0) is 11.8. The molecule has 17 heavy (non-hydrogen) atoms. The third-order valence-electron chi connectivity index (χ3n) is 3.32. The van der Waals surface area contributed by atoms with Crippen LogP contribution in [0, 0.1) is 6.92 Å². The molecule has 0 aromatic carbocycles.